The lowest BCUT2D eigenvalue weighted by Gasteiger charge is -2.34. The summed E-state index contributed by atoms with van der Waals surface area (Å²) in [6.07, 6.45) is 18.6. The van der Waals surface area contributed by atoms with Gasteiger partial charge < -0.3 is 9.80 Å². The molecule has 0 bridgehead atoms. The monoisotopic (exact) mass is 766 g/mol. The van der Waals surface area contributed by atoms with Crippen molar-refractivity contribution >= 4 is 45.3 Å². The standard InChI is InChI=1S/C58H42N2/c1-4-18-40-20-16-32-56(46(40)26-9-1)59(42-22-5-2-6-23-42)44-34-36-50-51-37-35-45(60(43-24-7-3-8-25-43)57-33-17-21-41-19-10-11-27-47(41)57)39-55(51)58(54(50)38-44)52-30-14-12-28-48(52)49-29-13-15-31-53(49)58/h1-7,9-17,19-24,26-39H,8,18,25H2. The van der Waals surface area contributed by atoms with Crippen molar-refractivity contribution in [3.05, 3.63) is 251 Å². The molecule has 0 heterocycles. The van der Waals surface area contributed by atoms with Gasteiger partial charge in [0.05, 0.1) is 16.8 Å². The van der Waals surface area contributed by atoms with Crippen LogP contribution in [0.15, 0.2) is 218 Å². The topological polar surface area (TPSA) is 6.48 Å². The number of nitrogens with zero attached hydrogens (tertiary/aromatic N) is 2. The van der Waals surface area contributed by atoms with Crippen LogP contribution in [0.3, 0.4) is 0 Å². The third-order valence-electron chi connectivity index (χ3n) is 13.1. The number of benzene rings is 8. The van der Waals surface area contributed by atoms with Gasteiger partial charge in [0.2, 0.25) is 0 Å². The van der Waals surface area contributed by atoms with Gasteiger partial charge in [-0.25, -0.2) is 0 Å². The molecule has 0 atom stereocenters. The van der Waals surface area contributed by atoms with Crippen LogP contribution in [0.2, 0.25) is 0 Å². The zero-order valence-corrected chi connectivity index (χ0v) is 33.3. The third-order valence-corrected chi connectivity index (χ3v) is 13.1. The van der Waals surface area contributed by atoms with E-state index < -0.39 is 5.41 Å². The summed E-state index contributed by atoms with van der Waals surface area (Å²) >= 11 is 0. The molecule has 0 aliphatic heterocycles. The van der Waals surface area contributed by atoms with Crippen LogP contribution in [0.1, 0.15) is 46.2 Å². The maximum Gasteiger partial charge on any atom is 0.0727 e. The van der Waals surface area contributed by atoms with Crippen LogP contribution >= 0.6 is 0 Å². The fraction of sp³-hybridized carbons (Fsp3) is 0.0690. The Morgan fingerprint density at radius 3 is 1.82 bits per heavy atom. The van der Waals surface area contributed by atoms with Crippen molar-refractivity contribution in [1.29, 1.82) is 0 Å². The number of fused-ring (bicyclic) bond motifs is 12. The zero-order valence-electron chi connectivity index (χ0n) is 33.3. The lowest BCUT2D eigenvalue weighted by atomic mass is 9.70. The summed E-state index contributed by atoms with van der Waals surface area (Å²) in [4.78, 5) is 5.00. The van der Waals surface area contributed by atoms with Crippen molar-refractivity contribution in [2.24, 2.45) is 0 Å². The Kier molecular flexibility index (Phi) is 7.99. The summed E-state index contributed by atoms with van der Waals surface area (Å²) in [5, 5.41) is 2.49. The van der Waals surface area contributed by atoms with Gasteiger partial charge in [0, 0.05) is 33.7 Å². The predicted octanol–water partition coefficient (Wildman–Crippen LogP) is 15.2. The second-order valence-electron chi connectivity index (χ2n) is 16.3. The fourth-order valence-corrected chi connectivity index (χ4v) is 10.6. The van der Waals surface area contributed by atoms with Crippen molar-refractivity contribution in [3.8, 4) is 22.3 Å². The van der Waals surface area contributed by atoms with E-state index in [0.29, 0.717) is 0 Å². The van der Waals surface area contributed by atoms with Gasteiger partial charge >= 0.3 is 0 Å². The van der Waals surface area contributed by atoms with Gasteiger partial charge in [0.25, 0.3) is 0 Å². The number of allylic oxidation sites excluding steroid dienone is 7. The third kappa shape index (κ3) is 5.14. The van der Waals surface area contributed by atoms with E-state index in [1.807, 2.05) is 0 Å². The summed E-state index contributed by atoms with van der Waals surface area (Å²) < 4.78 is 0. The van der Waals surface area contributed by atoms with E-state index in [1.54, 1.807) is 0 Å². The summed E-state index contributed by atoms with van der Waals surface area (Å²) in [6.45, 7) is 0. The van der Waals surface area contributed by atoms with Crippen LogP contribution in [-0.4, -0.2) is 0 Å². The van der Waals surface area contributed by atoms with E-state index in [0.717, 1.165) is 30.6 Å². The summed E-state index contributed by atoms with van der Waals surface area (Å²) in [5.41, 5.74) is 19.7. The van der Waals surface area contributed by atoms with Gasteiger partial charge in [0.1, 0.15) is 0 Å². The van der Waals surface area contributed by atoms with Crippen molar-refractivity contribution in [3.63, 3.8) is 0 Å². The molecule has 0 radical (unpaired) electrons. The van der Waals surface area contributed by atoms with Crippen LogP contribution in [0, 0.1) is 0 Å². The van der Waals surface area contributed by atoms with Crippen LogP contribution in [0.4, 0.5) is 28.4 Å². The van der Waals surface area contributed by atoms with E-state index in [-0.39, 0.29) is 0 Å². The quantitative estimate of drug-likeness (QED) is 0.166. The molecule has 0 amide bonds. The zero-order chi connectivity index (χ0) is 39.6. The van der Waals surface area contributed by atoms with Crippen molar-refractivity contribution in [2.45, 2.75) is 24.7 Å². The number of para-hydroxylation sites is 1. The molecule has 0 fully saturated rings. The number of rotatable bonds is 6. The molecule has 2 heteroatoms. The van der Waals surface area contributed by atoms with Gasteiger partial charge in [-0.05, 0) is 129 Å². The highest BCUT2D eigenvalue weighted by Gasteiger charge is 2.52. The molecule has 284 valence electrons. The highest BCUT2D eigenvalue weighted by atomic mass is 15.2. The van der Waals surface area contributed by atoms with E-state index in [4.69, 9.17) is 0 Å². The maximum absolute atomic E-state index is 2.53. The molecule has 60 heavy (non-hydrogen) atoms. The number of anilines is 5. The smallest absolute Gasteiger partial charge is 0.0727 e. The van der Waals surface area contributed by atoms with Gasteiger partial charge in [-0.2, -0.15) is 0 Å². The first-order valence-corrected chi connectivity index (χ1v) is 21.2. The SMILES string of the molecule is C1=CCCC(N(c2ccc3c(c2)C2(c4ccccc4-c4ccccc42)c2cc(N(c4ccccc4)c4cccc5c4C=CC=CC5)ccc2-3)c2cccc3ccccc23)=C1. The van der Waals surface area contributed by atoms with Gasteiger partial charge in [-0.15, -0.1) is 0 Å². The van der Waals surface area contributed by atoms with E-state index >= 15 is 0 Å². The second kappa shape index (κ2) is 13.9. The number of hydrogen-bond acceptors (Lipinski definition) is 2. The largest absolute Gasteiger partial charge is 0.314 e. The number of hydrogen-bond donors (Lipinski definition) is 0. The average molecular weight is 767 g/mol. The molecular weight excluding hydrogens is 725 g/mol. The summed E-state index contributed by atoms with van der Waals surface area (Å²) in [7, 11) is 0. The molecule has 4 aliphatic carbocycles. The first-order chi connectivity index (χ1) is 29.8. The van der Waals surface area contributed by atoms with Gasteiger partial charge in [-0.1, -0.05) is 164 Å². The minimum atomic E-state index is -0.533. The first kappa shape index (κ1) is 34.6. The Morgan fingerprint density at radius 1 is 0.433 bits per heavy atom. The molecule has 0 aromatic heterocycles. The van der Waals surface area contributed by atoms with Crippen LogP contribution < -0.4 is 9.80 Å². The van der Waals surface area contributed by atoms with Gasteiger partial charge in [0.15, 0.2) is 0 Å². The highest BCUT2D eigenvalue weighted by Crippen LogP contribution is 2.64. The Hall–Kier alpha value is -7.42. The molecule has 0 saturated carbocycles. The second-order valence-corrected chi connectivity index (χ2v) is 16.3. The first-order valence-electron chi connectivity index (χ1n) is 21.2. The van der Waals surface area contributed by atoms with Crippen LogP contribution in [0.25, 0.3) is 39.1 Å². The predicted molar refractivity (Wildman–Crippen MR) is 252 cm³/mol. The van der Waals surface area contributed by atoms with Crippen molar-refractivity contribution in [2.75, 3.05) is 9.80 Å². The Balaban J connectivity index is 1.13. The van der Waals surface area contributed by atoms with E-state index in [2.05, 4.69) is 228 Å². The average Bonchev–Trinajstić information content (AvgIpc) is 3.62. The Labute approximate surface area is 352 Å². The normalized spacial score (nSPS) is 14.8. The molecule has 4 aliphatic rings. The van der Waals surface area contributed by atoms with Gasteiger partial charge in [-0.3, -0.25) is 0 Å². The minimum absolute atomic E-state index is 0.533. The molecule has 0 N–H and O–H groups in total. The molecule has 1 spiro atoms. The van der Waals surface area contributed by atoms with Crippen LogP contribution in [-0.2, 0) is 11.8 Å². The lowest BCUT2D eigenvalue weighted by Crippen LogP contribution is -2.27. The van der Waals surface area contributed by atoms with E-state index in [9.17, 15) is 0 Å². The summed E-state index contributed by atoms with van der Waals surface area (Å²) in [5.74, 6) is 0. The maximum atomic E-state index is 2.53. The van der Waals surface area contributed by atoms with E-state index in [1.165, 1.54) is 89.2 Å². The molecule has 0 unspecified atom stereocenters. The Morgan fingerprint density at radius 2 is 1.07 bits per heavy atom. The molecule has 8 aromatic rings. The summed E-state index contributed by atoms with van der Waals surface area (Å²) in [6, 6.07) is 66.0. The van der Waals surface area contributed by atoms with Crippen molar-refractivity contribution < 1.29 is 0 Å². The molecule has 8 aromatic carbocycles. The molecule has 0 saturated heterocycles. The molecule has 12 rings (SSSR count). The molecule has 2 nitrogen and oxygen atoms in total. The lowest BCUT2D eigenvalue weighted by molar-refractivity contribution is 0.793. The van der Waals surface area contributed by atoms with Crippen LogP contribution in [0.5, 0.6) is 0 Å². The Bertz CT molecular complexity index is 3090. The molecular formula is C58H42N2. The van der Waals surface area contributed by atoms with Crippen molar-refractivity contribution in [1.82, 2.24) is 0 Å². The fourth-order valence-electron chi connectivity index (χ4n) is 10.6. The highest BCUT2D eigenvalue weighted by molar-refractivity contribution is 6.00. The minimum Gasteiger partial charge on any atom is -0.314 e.